The third kappa shape index (κ3) is 2.87. The van der Waals surface area contributed by atoms with Crippen molar-refractivity contribution >= 4 is 16.7 Å². The molecule has 2 N–H and O–H groups in total. The monoisotopic (exact) mass is 334 g/mol. The average Bonchev–Trinajstić information content (AvgIpc) is 3.37. The van der Waals surface area contributed by atoms with Gasteiger partial charge in [0.1, 0.15) is 12.0 Å². The Morgan fingerprint density at radius 2 is 2.04 bits per heavy atom. The average molecular weight is 334 g/mol. The molecule has 128 valence electrons. The molecule has 4 heterocycles. The van der Waals surface area contributed by atoms with Crippen LogP contribution in [0.1, 0.15) is 25.7 Å². The van der Waals surface area contributed by atoms with Gasteiger partial charge in [-0.05, 0) is 37.8 Å². The van der Waals surface area contributed by atoms with Gasteiger partial charge in [0.2, 0.25) is 0 Å². The molecule has 5 rings (SSSR count). The summed E-state index contributed by atoms with van der Waals surface area (Å²) in [7, 11) is 0. The molecular formula is C19H22N6. The van der Waals surface area contributed by atoms with Crippen LogP contribution in [-0.4, -0.2) is 45.1 Å². The van der Waals surface area contributed by atoms with E-state index in [1.54, 1.807) is 12.5 Å². The molecule has 2 fully saturated rings. The molecule has 1 saturated heterocycles. The summed E-state index contributed by atoms with van der Waals surface area (Å²) in [5.41, 5.74) is 4.20. The lowest BCUT2D eigenvalue weighted by Crippen LogP contribution is -2.46. The Labute approximate surface area is 146 Å². The van der Waals surface area contributed by atoms with Crippen molar-refractivity contribution in [2.75, 3.05) is 18.0 Å². The van der Waals surface area contributed by atoms with Gasteiger partial charge in [0, 0.05) is 49.3 Å². The van der Waals surface area contributed by atoms with E-state index in [0.717, 1.165) is 41.4 Å². The predicted molar refractivity (Wildman–Crippen MR) is 98.5 cm³/mol. The fraction of sp³-hybridized carbons (Fsp3) is 0.421. The van der Waals surface area contributed by atoms with E-state index < -0.39 is 0 Å². The molecule has 0 spiro atoms. The number of nitrogens with zero attached hydrogens (tertiary/aromatic N) is 4. The Hall–Kier alpha value is -2.47. The first-order valence-electron chi connectivity index (χ1n) is 9.12. The normalized spacial score (nSPS) is 21.0. The predicted octanol–water partition coefficient (Wildman–Crippen LogP) is 2.74. The van der Waals surface area contributed by atoms with Gasteiger partial charge in [0.15, 0.2) is 0 Å². The van der Waals surface area contributed by atoms with Crippen LogP contribution in [0.3, 0.4) is 0 Å². The molecule has 0 bridgehead atoms. The molecule has 0 aromatic carbocycles. The van der Waals surface area contributed by atoms with Crippen molar-refractivity contribution in [3.63, 3.8) is 0 Å². The molecule has 0 radical (unpaired) electrons. The number of pyridine rings is 1. The van der Waals surface area contributed by atoms with Crippen molar-refractivity contribution in [3.8, 4) is 11.3 Å². The molecule has 1 aliphatic carbocycles. The summed E-state index contributed by atoms with van der Waals surface area (Å²) in [5.74, 6) is 0. The van der Waals surface area contributed by atoms with Crippen molar-refractivity contribution in [2.45, 2.75) is 37.8 Å². The molecule has 3 aromatic heterocycles. The van der Waals surface area contributed by atoms with Gasteiger partial charge in [0.25, 0.3) is 0 Å². The van der Waals surface area contributed by atoms with Crippen LogP contribution in [0.2, 0.25) is 0 Å². The minimum Gasteiger partial charge on any atom is -0.369 e. The number of anilines is 1. The largest absolute Gasteiger partial charge is 0.369 e. The molecule has 6 heteroatoms. The number of hydrogen-bond acceptors (Lipinski definition) is 5. The highest BCUT2D eigenvalue weighted by atomic mass is 15.2. The van der Waals surface area contributed by atoms with Gasteiger partial charge < -0.3 is 15.2 Å². The third-order valence-corrected chi connectivity index (χ3v) is 5.22. The zero-order valence-electron chi connectivity index (χ0n) is 14.2. The first kappa shape index (κ1) is 14.8. The number of piperidine rings is 1. The van der Waals surface area contributed by atoms with Crippen molar-refractivity contribution in [3.05, 3.63) is 37.1 Å². The van der Waals surface area contributed by atoms with E-state index in [0.29, 0.717) is 6.04 Å². The second-order valence-corrected chi connectivity index (χ2v) is 7.08. The highest BCUT2D eigenvalue weighted by molar-refractivity contribution is 6.01. The number of aromatic amines is 1. The summed E-state index contributed by atoms with van der Waals surface area (Å²) < 4.78 is 0. The number of aromatic nitrogens is 4. The molecule has 3 aromatic rings. The van der Waals surface area contributed by atoms with Gasteiger partial charge in [-0.3, -0.25) is 0 Å². The Kier molecular flexibility index (Phi) is 3.63. The zero-order chi connectivity index (χ0) is 16.6. The van der Waals surface area contributed by atoms with Crippen LogP contribution in [0.4, 0.5) is 5.69 Å². The molecule has 1 unspecified atom stereocenters. The highest BCUT2D eigenvalue weighted by Gasteiger charge is 2.28. The van der Waals surface area contributed by atoms with Crippen LogP contribution in [0, 0.1) is 0 Å². The molecular weight excluding hydrogens is 312 g/mol. The third-order valence-electron chi connectivity index (χ3n) is 5.22. The minimum atomic E-state index is 0.589. The van der Waals surface area contributed by atoms with Gasteiger partial charge >= 0.3 is 0 Å². The maximum absolute atomic E-state index is 4.52. The van der Waals surface area contributed by atoms with Crippen molar-refractivity contribution in [1.29, 1.82) is 0 Å². The van der Waals surface area contributed by atoms with Gasteiger partial charge in [-0.2, -0.15) is 0 Å². The quantitative estimate of drug-likeness (QED) is 0.768. The summed E-state index contributed by atoms with van der Waals surface area (Å²) in [6.07, 6.45) is 12.5. The highest BCUT2D eigenvalue weighted by Crippen LogP contribution is 2.35. The van der Waals surface area contributed by atoms with Crippen LogP contribution >= 0.6 is 0 Å². The summed E-state index contributed by atoms with van der Waals surface area (Å²) in [4.78, 5) is 18.8. The van der Waals surface area contributed by atoms with Gasteiger partial charge in [0.05, 0.1) is 16.8 Å². The molecule has 6 nitrogen and oxygen atoms in total. The lowest BCUT2D eigenvalue weighted by molar-refractivity contribution is 0.421. The Morgan fingerprint density at radius 3 is 2.88 bits per heavy atom. The van der Waals surface area contributed by atoms with Gasteiger partial charge in [-0.25, -0.2) is 15.0 Å². The van der Waals surface area contributed by atoms with E-state index in [1.165, 1.54) is 31.4 Å². The Morgan fingerprint density at radius 1 is 1.08 bits per heavy atom. The Balaban J connectivity index is 1.53. The maximum Gasteiger partial charge on any atom is 0.140 e. The second-order valence-electron chi connectivity index (χ2n) is 7.08. The molecule has 0 amide bonds. The smallest absolute Gasteiger partial charge is 0.140 e. The summed E-state index contributed by atoms with van der Waals surface area (Å²) in [6.45, 7) is 2.15. The number of fused-ring (bicyclic) bond motifs is 1. The number of nitrogens with one attached hydrogen (secondary N) is 2. The zero-order valence-corrected chi connectivity index (χ0v) is 14.2. The van der Waals surface area contributed by atoms with Gasteiger partial charge in [-0.15, -0.1) is 0 Å². The van der Waals surface area contributed by atoms with E-state index in [1.807, 2.05) is 18.5 Å². The first-order chi connectivity index (χ1) is 12.4. The maximum atomic E-state index is 4.52. The van der Waals surface area contributed by atoms with Crippen LogP contribution in [0.15, 0.2) is 37.1 Å². The number of hydrogen-bond donors (Lipinski definition) is 2. The molecule has 1 atom stereocenters. The van der Waals surface area contributed by atoms with Crippen molar-refractivity contribution < 1.29 is 0 Å². The van der Waals surface area contributed by atoms with E-state index >= 15 is 0 Å². The molecule has 1 aliphatic heterocycles. The summed E-state index contributed by atoms with van der Waals surface area (Å²) in [5, 5.41) is 4.96. The second kappa shape index (κ2) is 6.11. The Bertz CT molecular complexity index is 870. The SMILES string of the molecule is c1cc(-c2c[nH]c3nccc(N4CCCC(NC5CC5)C4)c23)ncn1. The van der Waals surface area contributed by atoms with Crippen LogP contribution in [0.5, 0.6) is 0 Å². The number of H-pyrrole nitrogens is 1. The van der Waals surface area contributed by atoms with Crippen molar-refractivity contribution in [1.82, 2.24) is 25.3 Å². The standard InChI is InChI=1S/C19H22N6/c1-2-14(24-13-3-4-13)11-25(9-1)17-6-8-21-19-18(17)15(10-22-19)16-5-7-20-12-23-16/h5-8,10,12-14,24H,1-4,9,11H2,(H,21,22). The van der Waals surface area contributed by atoms with E-state index in [2.05, 4.69) is 36.2 Å². The lowest BCUT2D eigenvalue weighted by atomic mass is 10.0. The van der Waals surface area contributed by atoms with E-state index in [-0.39, 0.29) is 0 Å². The summed E-state index contributed by atoms with van der Waals surface area (Å²) >= 11 is 0. The first-order valence-corrected chi connectivity index (χ1v) is 9.12. The summed E-state index contributed by atoms with van der Waals surface area (Å²) in [6, 6.07) is 5.44. The topological polar surface area (TPSA) is 69.7 Å². The van der Waals surface area contributed by atoms with E-state index in [9.17, 15) is 0 Å². The van der Waals surface area contributed by atoms with Crippen LogP contribution < -0.4 is 10.2 Å². The van der Waals surface area contributed by atoms with E-state index in [4.69, 9.17) is 0 Å². The fourth-order valence-electron chi connectivity index (χ4n) is 3.87. The minimum absolute atomic E-state index is 0.589. The van der Waals surface area contributed by atoms with Crippen LogP contribution in [0.25, 0.3) is 22.3 Å². The van der Waals surface area contributed by atoms with Crippen LogP contribution in [-0.2, 0) is 0 Å². The molecule has 25 heavy (non-hydrogen) atoms. The fourth-order valence-corrected chi connectivity index (χ4v) is 3.87. The molecule has 1 saturated carbocycles. The lowest BCUT2D eigenvalue weighted by Gasteiger charge is -2.35. The van der Waals surface area contributed by atoms with Crippen molar-refractivity contribution in [2.24, 2.45) is 0 Å². The number of rotatable bonds is 4. The molecule has 2 aliphatic rings. The van der Waals surface area contributed by atoms with Gasteiger partial charge in [-0.1, -0.05) is 0 Å².